The van der Waals surface area contributed by atoms with Crippen LogP contribution >= 0.6 is 0 Å². The minimum atomic E-state index is -0.382. The van der Waals surface area contributed by atoms with Gasteiger partial charge >= 0.3 is 0 Å². The van der Waals surface area contributed by atoms with E-state index >= 15 is 0 Å². The zero-order chi connectivity index (χ0) is 22.2. The number of nitrogens with one attached hydrogen (secondary N) is 2. The Hall–Kier alpha value is -3.37. The second-order valence-electron chi connectivity index (χ2n) is 6.93. The monoisotopic (exact) mass is 428 g/mol. The highest BCUT2D eigenvalue weighted by molar-refractivity contribution is 6.04. The van der Waals surface area contributed by atoms with Crippen LogP contribution in [0.2, 0.25) is 0 Å². The molecule has 0 unspecified atom stereocenters. The van der Waals surface area contributed by atoms with Gasteiger partial charge in [-0.3, -0.25) is 9.07 Å². The first-order chi connectivity index (χ1) is 15.1. The van der Waals surface area contributed by atoms with Gasteiger partial charge in [-0.2, -0.15) is 5.10 Å². The molecular weight excluding hydrogens is 402 g/mol. The molecule has 3 aromatic rings. The van der Waals surface area contributed by atoms with Gasteiger partial charge in [-0.1, -0.05) is 6.07 Å². The molecule has 2 aromatic heterocycles. The van der Waals surface area contributed by atoms with Gasteiger partial charge in [0.25, 0.3) is 0 Å². The zero-order valence-corrected chi connectivity index (χ0v) is 17.2. The fourth-order valence-electron chi connectivity index (χ4n) is 3.43. The lowest BCUT2D eigenvalue weighted by Crippen LogP contribution is -2.31. The Labute approximate surface area is 179 Å². The van der Waals surface area contributed by atoms with E-state index in [2.05, 4.69) is 25.8 Å². The van der Waals surface area contributed by atoms with Crippen molar-refractivity contribution in [1.82, 2.24) is 25.5 Å². The number of aliphatic imine (C=N–C) groups is 1. The van der Waals surface area contributed by atoms with Crippen molar-refractivity contribution in [2.45, 2.75) is 18.9 Å². The van der Waals surface area contributed by atoms with Crippen LogP contribution in [0.1, 0.15) is 24.4 Å². The van der Waals surface area contributed by atoms with Gasteiger partial charge in [-0.05, 0) is 50.2 Å². The normalized spacial score (nSPS) is 14.6. The van der Waals surface area contributed by atoms with Crippen LogP contribution in [0, 0.1) is 5.82 Å². The first-order valence-corrected chi connectivity index (χ1v) is 9.84. The highest BCUT2D eigenvalue weighted by atomic mass is 19.1. The Morgan fingerprint density at radius 1 is 1.19 bits per heavy atom. The molecule has 3 heterocycles. The minimum absolute atomic E-state index is 0.271. The molecule has 6 N–H and O–H groups in total. The van der Waals surface area contributed by atoms with Gasteiger partial charge in [0, 0.05) is 23.5 Å². The van der Waals surface area contributed by atoms with Crippen molar-refractivity contribution in [2.75, 3.05) is 26.0 Å². The Balaban J connectivity index is 0.00000132. The predicted octanol–water partition coefficient (Wildman–Crippen LogP) is 2.72. The number of nitrogens with zero attached hydrogens (tertiary/aromatic N) is 4. The van der Waals surface area contributed by atoms with Gasteiger partial charge in [-0.25, -0.2) is 20.2 Å². The van der Waals surface area contributed by atoms with Crippen LogP contribution in [0.25, 0.3) is 11.1 Å². The Morgan fingerprint density at radius 2 is 1.97 bits per heavy atom. The molecule has 10 heteroatoms. The second-order valence-corrected chi connectivity index (χ2v) is 6.93. The number of alkyl halides is 1. The van der Waals surface area contributed by atoms with E-state index in [9.17, 15) is 8.78 Å². The number of hydrogen-bond acceptors (Lipinski definition) is 6. The van der Waals surface area contributed by atoms with Gasteiger partial charge in [0.1, 0.15) is 11.6 Å². The zero-order valence-electron chi connectivity index (χ0n) is 17.2. The lowest BCUT2D eigenvalue weighted by Gasteiger charge is -2.22. The van der Waals surface area contributed by atoms with Crippen molar-refractivity contribution in [2.24, 2.45) is 10.8 Å². The number of aromatic nitrogens is 3. The number of amidine groups is 1. The van der Waals surface area contributed by atoms with Crippen LogP contribution < -0.4 is 22.3 Å². The quantitative estimate of drug-likeness (QED) is 0.220. The third kappa shape index (κ3) is 5.41. The van der Waals surface area contributed by atoms with Crippen molar-refractivity contribution < 1.29 is 8.78 Å². The van der Waals surface area contributed by atoms with E-state index in [0.717, 1.165) is 37.1 Å². The van der Waals surface area contributed by atoms with Gasteiger partial charge in [0.2, 0.25) is 0 Å². The summed E-state index contributed by atoms with van der Waals surface area (Å²) in [4.78, 5) is 8.66. The Kier molecular flexibility index (Phi) is 7.63. The summed E-state index contributed by atoms with van der Waals surface area (Å²) in [5.41, 5.74) is 11.3. The van der Waals surface area contributed by atoms with Crippen LogP contribution in [-0.2, 0) is 0 Å². The minimum Gasteiger partial charge on any atom is -0.383 e. The van der Waals surface area contributed by atoms with Gasteiger partial charge < -0.3 is 16.5 Å². The molecule has 1 aliphatic rings. The number of pyridine rings is 1. The first-order valence-electron chi connectivity index (χ1n) is 9.84. The summed E-state index contributed by atoms with van der Waals surface area (Å²) < 4.78 is 25.0. The summed E-state index contributed by atoms with van der Waals surface area (Å²) in [6, 6.07) is 8.16. The van der Waals surface area contributed by atoms with Crippen molar-refractivity contribution >= 4 is 17.3 Å². The summed E-state index contributed by atoms with van der Waals surface area (Å²) in [6.07, 6.45) is 7.63. The average Bonchev–Trinajstić information content (AvgIpc) is 3.30. The molecule has 1 aliphatic heterocycles. The molecule has 164 valence electrons. The van der Waals surface area contributed by atoms with Gasteiger partial charge in [0.15, 0.2) is 5.84 Å². The number of benzene rings is 1. The summed E-state index contributed by atoms with van der Waals surface area (Å²) >= 11 is 0. The molecule has 1 aromatic carbocycles. The molecule has 0 saturated carbocycles. The van der Waals surface area contributed by atoms with E-state index in [4.69, 9.17) is 11.6 Å². The molecular formula is C21H26F2N8. The number of piperidine rings is 1. The van der Waals surface area contributed by atoms with Crippen LogP contribution in [-0.4, -0.2) is 40.9 Å². The lowest BCUT2D eigenvalue weighted by molar-refractivity contribution is 0.343. The van der Waals surface area contributed by atoms with Crippen LogP contribution in [0.5, 0.6) is 0 Å². The fourth-order valence-corrected chi connectivity index (χ4v) is 3.43. The SMILES string of the molecule is CF.NNC(=Nc1cccc(F)c1)c1cc(-c2cnn(C3CCNCC3)c2)cnc1N. The number of nitrogen functional groups attached to an aromatic ring is 1. The summed E-state index contributed by atoms with van der Waals surface area (Å²) in [6.45, 7) is 1.99. The van der Waals surface area contributed by atoms with Crippen molar-refractivity contribution in [3.63, 3.8) is 0 Å². The van der Waals surface area contributed by atoms with E-state index in [1.165, 1.54) is 12.1 Å². The molecule has 0 bridgehead atoms. The molecule has 0 spiro atoms. The van der Waals surface area contributed by atoms with E-state index in [0.29, 0.717) is 30.3 Å². The van der Waals surface area contributed by atoms with E-state index in [1.807, 2.05) is 23.1 Å². The van der Waals surface area contributed by atoms with Crippen LogP contribution in [0.4, 0.5) is 20.3 Å². The standard InChI is InChI=1S/C20H23FN8.CH3F/c21-15-2-1-3-16(9-15)27-20(28-23)18-8-13(10-25-19(18)22)14-11-26-29(12-14)17-4-6-24-7-5-17;1-2/h1-3,8-12,17,24H,4-7,23H2,(H2,22,25)(H,27,28);1H3. The van der Waals surface area contributed by atoms with E-state index in [-0.39, 0.29) is 11.6 Å². The number of halogens is 2. The summed E-state index contributed by atoms with van der Waals surface area (Å²) in [7, 11) is 0.500. The summed E-state index contributed by atoms with van der Waals surface area (Å²) in [5, 5.41) is 7.89. The maximum absolute atomic E-state index is 13.5. The molecule has 0 atom stereocenters. The van der Waals surface area contributed by atoms with Crippen molar-refractivity contribution in [3.8, 4) is 11.1 Å². The molecule has 0 radical (unpaired) electrons. The maximum atomic E-state index is 13.5. The van der Waals surface area contributed by atoms with E-state index < -0.39 is 0 Å². The maximum Gasteiger partial charge on any atom is 0.151 e. The number of nitrogens with two attached hydrogens (primary N) is 2. The van der Waals surface area contributed by atoms with Crippen molar-refractivity contribution in [1.29, 1.82) is 0 Å². The lowest BCUT2D eigenvalue weighted by atomic mass is 10.1. The van der Waals surface area contributed by atoms with Gasteiger partial charge in [-0.15, -0.1) is 0 Å². The van der Waals surface area contributed by atoms with Crippen molar-refractivity contribution in [3.05, 3.63) is 60.3 Å². The number of hydrogen-bond donors (Lipinski definition) is 4. The molecule has 8 nitrogen and oxygen atoms in total. The Bertz CT molecular complexity index is 1030. The average molecular weight is 428 g/mol. The van der Waals surface area contributed by atoms with E-state index in [1.54, 1.807) is 18.3 Å². The third-order valence-electron chi connectivity index (χ3n) is 4.98. The van der Waals surface area contributed by atoms with Crippen LogP contribution in [0.15, 0.2) is 53.9 Å². The molecule has 1 fully saturated rings. The molecule has 1 saturated heterocycles. The fraction of sp³-hybridized carbons (Fsp3) is 0.286. The number of rotatable bonds is 4. The first kappa shape index (κ1) is 22.3. The molecule has 31 heavy (non-hydrogen) atoms. The topological polar surface area (TPSA) is 119 Å². The highest BCUT2D eigenvalue weighted by Gasteiger charge is 2.17. The summed E-state index contributed by atoms with van der Waals surface area (Å²) in [5.74, 6) is 5.86. The molecule has 0 aliphatic carbocycles. The van der Waals surface area contributed by atoms with Gasteiger partial charge in [0.05, 0.1) is 30.7 Å². The molecule has 4 rings (SSSR count). The smallest absolute Gasteiger partial charge is 0.151 e. The number of hydrazine groups is 1. The number of anilines is 1. The predicted molar refractivity (Wildman–Crippen MR) is 118 cm³/mol. The third-order valence-corrected chi connectivity index (χ3v) is 4.98. The molecule has 0 amide bonds. The largest absolute Gasteiger partial charge is 0.383 e. The van der Waals surface area contributed by atoms with Crippen LogP contribution in [0.3, 0.4) is 0 Å². The Morgan fingerprint density at radius 3 is 2.68 bits per heavy atom. The second kappa shape index (κ2) is 10.6. The highest BCUT2D eigenvalue weighted by Crippen LogP contribution is 2.26.